The fraction of sp³-hybridized carbons (Fsp3) is 0.667. The summed E-state index contributed by atoms with van der Waals surface area (Å²) in [6, 6.07) is 11.1. The van der Waals surface area contributed by atoms with Crippen LogP contribution in [0.1, 0.15) is 57.1 Å². The number of hydrogen-bond acceptors (Lipinski definition) is 3. The maximum absolute atomic E-state index is 12.2. The molecular weight excluding hydrogens is 310 g/mol. The van der Waals surface area contributed by atoms with Crippen LogP contribution in [0.2, 0.25) is 0 Å². The van der Waals surface area contributed by atoms with Crippen LogP contribution in [-0.2, 0) is 4.79 Å². The van der Waals surface area contributed by atoms with Gasteiger partial charge in [0.05, 0.1) is 6.04 Å². The Hall–Kier alpha value is -1.39. The number of amides is 1. The van der Waals surface area contributed by atoms with Crippen LogP contribution in [0.3, 0.4) is 0 Å². The van der Waals surface area contributed by atoms with Crippen molar-refractivity contribution in [1.29, 1.82) is 0 Å². The summed E-state index contributed by atoms with van der Waals surface area (Å²) >= 11 is 0. The molecule has 4 heteroatoms. The molecule has 0 radical (unpaired) electrons. The van der Waals surface area contributed by atoms with Gasteiger partial charge in [0.1, 0.15) is 0 Å². The number of carbonyl (C=O) groups is 1. The van der Waals surface area contributed by atoms with Crippen LogP contribution in [0.5, 0.6) is 0 Å². The minimum atomic E-state index is 0.0804. The molecule has 3 rings (SSSR count). The van der Waals surface area contributed by atoms with Gasteiger partial charge in [-0.1, -0.05) is 49.6 Å². The molecule has 1 N–H and O–H groups in total. The number of rotatable bonds is 6. The number of piperazine rings is 1. The lowest BCUT2D eigenvalue weighted by atomic mass is 9.94. The van der Waals surface area contributed by atoms with Gasteiger partial charge in [-0.05, 0) is 25.3 Å². The minimum Gasteiger partial charge on any atom is -0.350 e. The first-order chi connectivity index (χ1) is 12.2. The van der Waals surface area contributed by atoms with E-state index in [0.29, 0.717) is 6.42 Å². The summed E-state index contributed by atoms with van der Waals surface area (Å²) in [6.45, 7) is 7.50. The summed E-state index contributed by atoms with van der Waals surface area (Å²) < 4.78 is 0. The second kappa shape index (κ2) is 9.35. The number of benzene rings is 1. The van der Waals surface area contributed by atoms with Crippen molar-refractivity contribution in [3.05, 3.63) is 35.9 Å². The third-order valence-electron chi connectivity index (χ3n) is 5.83. The topological polar surface area (TPSA) is 35.6 Å². The Bertz CT molecular complexity index is 519. The van der Waals surface area contributed by atoms with Gasteiger partial charge in [0.15, 0.2) is 0 Å². The Labute approximate surface area is 152 Å². The van der Waals surface area contributed by atoms with Gasteiger partial charge in [-0.15, -0.1) is 0 Å². The van der Waals surface area contributed by atoms with Crippen molar-refractivity contribution in [2.24, 2.45) is 0 Å². The predicted octanol–water partition coefficient (Wildman–Crippen LogP) is 3.20. The predicted molar refractivity (Wildman–Crippen MR) is 103 cm³/mol. The summed E-state index contributed by atoms with van der Waals surface area (Å²) in [7, 11) is 0. The van der Waals surface area contributed by atoms with E-state index in [1.807, 2.05) is 18.2 Å². The minimum absolute atomic E-state index is 0.0804. The van der Waals surface area contributed by atoms with Crippen molar-refractivity contribution in [2.45, 2.75) is 57.5 Å². The van der Waals surface area contributed by atoms with E-state index in [-0.39, 0.29) is 11.9 Å². The summed E-state index contributed by atoms with van der Waals surface area (Å²) in [5, 5.41) is 3.12. The molecule has 25 heavy (non-hydrogen) atoms. The van der Waals surface area contributed by atoms with Crippen LogP contribution < -0.4 is 5.32 Å². The first-order valence-corrected chi connectivity index (χ1v) is 10.0. The standard InChI is InChI=1S/C21H33N3O/c1-18(19-8-4-2-5-9-19)22-21(25)12-13-23-14-16-24(17-15-23)20-10-6-3-7-11-20/h2,4-5,8-9,18,20H,3,6-7,10-17H2,1H3,(H,22,25)/t18-/m1/s1. The highest BCUT2D eigenvalue weighted by Gasteiger charge is 2.25. The zero-order valence-electron chi connectivity index (χ0n) is 15.6. The molecule has 1 aromatic rings. The summed E-state index contributed by atoms with van der Waals surface area (Å²) in [5.74, 6) is 0.158. The molecule has 0 unspecified atom stereocenters. The monoisotopic (exact) mass is 343 g/mol. The number of nitrogens with one attached hydrogen (secondary N) is 1. The zero-order valence-corrected chi connectivity index (χ0v) is 15.6. The lowest BCUT2D eigenvalue weighted by Gasteiger charge is -2.40. The fourth-order valence-electron chi connectivity index (χ4n) is 4.20. The lowest BCUT2D eigenvalue weighted by molar-refractivity contribution is -0.122. The Morgan fingerprint density at radius 3 is 2.44 bits per heavy atom. The van der Waals surface area contributed by atoms with Crippen LogP contribution in [0.4, 0.5) is 0 Å². The first-order valence-electron chi connectivity index (χ1n) is 10.0. The van der Waals surface area contributed by atoms with Gasteiger partial charge in [-0.2, -0.15) is 0 Å². The van der Waals surface area contributed by atoms with Gasteiger partial charge in [0, 0.05) is 45.2 Å². The van der Waals surface area contributed by atoms with E-state index in [9.17, 15) is 4.79 Å². The van der Waals surface area contributed by atoms with Gasteiger partial charge < -0.3 is 10.2 Å². The van der Waals surface area contributed by atoms with E-state index in [1.54, 1.807) is 0 Å². The van der Waals surface area contributed by atoms with Gasteiger partial charge >= 0.3 is 0 Å². The molecule has 0 spiro atoms. The first kappa shape index (κ1) is 18.4. The quantitative estimate of drug-likeness (QED) is 0.861. The highest BCUT2D eigenvalue weighted by Crippen LogP contribution is 2.23. The average molecular weight is 344 g/mol. The molecule has 1 aliphatic heterocycles. The maximum atomic E-state index is 12.2. The van der Waals surface area contributed by atoms with Crippen molar-refractivity contribution in [2.75, 3.05) is 32.7 Å². The summed E-state index contributed by atoms with van der Waals surface area (Å²) in [5.41, 5.74) is 1.16. The van der Waals surface area contributed by atoms with Gasteiger partial charge in [-0.25, -0.2) is 0 Å². The highest BCUT2D eigenvalue weighted by molar-refractivity contribution is 5.76. The third kappa shape index (κ3) is 5.55. The average Bonchev–Trinajstić information content (AvgIpc) is 2.68. The van der Waals surface area contributed by atoms with Gasteiger partial charge in [0.2, 0.25) is 5.91 Å². The van der Waals surface area contributed by atoms with Crippen LogP contribution in [0.25, 0.3) is 0 Å². The molecule has 1 heterocycles. The number of hydrogen-bond donors (Lipinski definition) is 1. The maximum Gasteiger partial charge on any atom is 0.221 e. The number of nitrogens with zero attached hydrogens (tertiary/aromatic N) is 2. The molecular formula is C21H33N3O. The largest absolute Gasteiger partial charge is 0.350 e. The van der Waals surface area contributed by atoms with Gasteiger partial charge in [-0.3, -0.25) is 9.69 Å². The molecule has 1 amide bonds. The van der Waals surface area contributed by atoms with Crippen LogP contribution >= 0.6 is 0 Å². The molecule has 1 aromatic carbocycles. The second-order valence-electron chi connectivity index (χ2n) is 7.62. The Morgan fingerprint density at radius 2 is 1.76 bits per heavy atom. The SMILES string of the molecule is C[C@@H](NC(=O)CCN1CCN(C2CCCCC2)CC1)c1ccccc1. The Kier molecular flexibility index (Phi) is 6.88. The fourth-order valence-corrected chi connectivity index (χ4v) is 4.20. The van der Waals surface area contributed by atoms with Crippen molar-refractivity contribution in [3.63, 3.8) is 0 Å². The lowest BCUT2D eigenvalue weighted by Crippen LogP contribution is -2.51. The molecule has 1 atom stereocenters. The van der Waals surface area contributed by atoms with Crippen molar-refractivity contribution in [1.82, 2.24) is 15.1 Å². The molecule has 1 saturated heterocycles. The van der Waals surface area contributed by atoms with E-state index in [2.05, 4.69) is 34.2 Å². The smallest absolute Gasteiger partial charge is 0.221 e. The van der Waals surface area contributed by atoms with Crippen molar-refractivity contribution < 1.29 is 4.79 Å². The van der Waals surface area contributed by atoms with Gasteiger partial charge in [0.25, 0.3) is 0 Å². The van der Waals surface area contributed by atoms with Crippen LogP contribution in [0.15, 0.2) is 30.3 Å². The number of carbonyl (C=O) groups excluding carboxylic acids is 1. The molecule has 0 bridgehead atoms. The molecule has 1 saturated carbocycles. The molecule has 4 nitrogen and oxygen atoms in total. The van der Waals surface area contributed by atoms with E-state index in [1.165, 1.54) is 45.2 Å². The van der Waals surface area contributed by atoms with E-state index >= 15 is 0 Å². The van der Waals surface area contributed by atoms with Crippen LogP contribution in [0, 0.1) is 0 Å². The van der Waals surface area contributed by atoms with E-state index in [0.717, 1.165) is 31.2 Å². The zero-order chi connectivity index (χ0) is 17.5. The van der Waals surface area contributed by atoms with E-state index in [4.69, 9.17) is 0 Å². The molecule has 1 aliphatic carbocycles. The highest BCUT2D eigenvalue weighted by atomic mass is 16.1. The summed E-state index contributed by atoms with van der Waals surface area (Å²) in [4.78, 5) is 17.4. The summed E-state index contributed by atoms with van der Waals surface area (Å²) in [6.07, 6.45) is 7.61. The van der Waals surface area contributed by atoms with Crippen molar-refractivity contribution >= 4 is 5.91 Å². The van der Waals surface area contributed by atoms with Crippen LogP contribution in [-0.4, -0.2) is 54.5 Å². The third-order valence-corrected chi connectivity index (χ3v) is 5.83. The molecule has 138 valence electrons. The van der Waals surface area contributed by atoms with E-state index < -0.39 is 0 Å². The Balaban J connectivity index is 1.34. The normalized spacial score (nSPS) is 21.8. The molecule has 0 aromatic heterocycles. The second-order valence-corrected chi connectivity index (χ2v) is 7.62. The molecule has 2 fully saturated rings. The Morgan fingerprint density at radius 1 is 1.08 bits per heavy atom. The molecule has 2 aliphatic rings. The van der Waals surface area contributed by atoms with Crippen molar-refractivity contribution in [3.8, 4) is 0 Å².